The van der Waals surface area contributed by atoms with Crippen molar-refractivity contribution < 1.29 is 5.32 Å². The maximum Gasteiger partial charge on any atom is 0.250 e. The van der Waals surface area contributed by atoms with Crippen LogP contribution in [0, 0.1) is 16.7 Å². The summed E-state index contributed by atoms with van der Waals surface area (Å²) in [7, 11) is 0. The van der Waals surface area contributed by atoms with E-state index in [2.05, 4.69) is 33.4 Å². The summed E-state index contributed by atoms with van der Waals surface area (Å²) in [6, 6.07) is 19.2. The zero-order valence-corrected chi connectivity index (χ0v) is 15.0. The molecular formula is C22H17N6+. The Bertz CT molecular complexity index is 1180. The van der Waals surface area contributed by atoms with Crippen LogP contribution in [0.1, 0.15) is 16.7 Å². The smallest absolute Gasteiger partial charge is 0.250 e. The summed E-state index contributed by atoms with van der Waals surface area (Å²) in [5.74, 6) is 1.60. The molecule has 3 N–H and O–H groups in total. The average Bonchev–Trinajstić information content (AvgIpc) is 3.19. The Morgan fingerprint density at radius 2 is 1.96 bits per heavy atom. The van der Waals surface area contributed by atoms with E-state index in [1.807, 2.05) is 23.5 Å². The van der Waals surface area contributed by atoms with E-state index in [0.29, 0.717) is 17.7 Å². The minimum absolute atomic E-state index is 0.357. The van der Waals surface area contributed by atoms with Gasteiger partial charge in [0.05, 0.1) is 29.3 Å². The predicted molar refractivity (Wildman–Crippen MR) is 109 cm³/mol. The summed E-state index contributed by atoms with van der Waals surface area (Å²) in [6.45, 7) is 0. The highest BCUT2D eigenvalue weighted by Crippen LogP contribution is 2.14. The third kappa shape index (κ3) is 3.90. The van der Waals surface area contributed by atoms with Crippen LogP contribution >= 0.6 is 0 Å². The highest BCUT2D eigenvalue weighted by Gasteiger charge is 2.16. The fraction of sp³-hybridized carbons (Fsp3) is 0.0455. The van der Waals surface area contributed by atoms with E-state index in [1.165, 1.54) is 0 Å². The number of nitrogens with two attached hydrogens (primary N) is 1. The molecule has 2 heterocycles. The molecule has 3 aromatic rings. The maximum absolute atomic E-state index is 8.84. The number of aromatic nitrogens is 1. The van der Waals surface area contributed by atoms with Crippen molar-refractivity contribution in [1.82, 2.24) is 4.98 Å². The van der Waals surface area contributed by atoms with Crippen molar-refractivity contribution >= 4 is 28.3 Å². The van der Waals surface area contributed by atoms with Crippen LogP contribution in [0.5, 0.6) is 0 Å². The molecule has 6 heteroatoms. The van der Waals surface area contributed by atoms with Gasteiger partial charge in [0, 0.05) is 17.7 Å². The molecule has 28 heavy (non-hydrogen) atoms. The Labute approximate surface area is 162 Å². The first-order valence-electron chi connectivity index (χ1n) is 8.81. The monoisotopic (exact) mass is 365 g/mol. The van der Waals surface area contributed by atoms with Crippen LogP contribution in [-0.4, -0.2) is 22.4 Å². The van der Waals surface area contributed by atoms with Gasteiger partial charge in [0.1, 0.15) is 0 Å². The van der Waals surface area contributed by atoms with E-state index >= 15 is 0 Å². The van der Waals surface area contributed by atoms with Gasteiger partial charge in [-0.2, -0.15) is 5.26 Å². The molecule has 1 aromatic heterocycles. The van der Waals surface area contributed by atoms with Gasteiger partial charge in [-0.05, 0) is 47.5 Å². The second-order valence-corrected chi connectivity index (χ2v) is 6.40. The Balaban J connectivity index is 1.36. The third-order valence-electron chi connectivity index (χ3n) is 4.41. The zero-order valence-electron chi connectivity index (χ0n) is 15.0. The first kappa shape index (κ1) is 17.5. The van der Waals surface area contributed by atoms with Gasteiger partial charge in [-0.1, -0.05) is 34.5 Å². The molecule has 2 aromatic carbocycles. The molecule has 0 fully saturated rings. The number of benzene rings is 2. The standard InChI is InChI=1S/C22H16N6/c23-14-15-3-6-17(7-4-15)19(24)8-10-21-26-22(28-27-21)13-16-5-9-20-18(12-16)2-1-11-25-20/h1-12,24H,13H2,(H,26,27,28)/p+1/b10-8-,24-19?. The van der Waals surface area contributed by atoms with E-state index in [9.17, 15) is 0 Å². The molecule has 4 rings (SSSR count). The number of rotatable bonds is 5. The van der Waals surface area contributed by atoms with Gasteiger partial charge in [0.2, 0.25) is 11.7 Å². The number of allylic oxidation sites excluding steroid dienone is 1. The molecule has 0 atom stereocenters. The summed E-state index contributed by atoms with van der Waals surface area (Å²) in [6.07, 6.45) is 5.95. The first-order valence-corrected chi connectivity index (χ1v) is 8.81. The summed E-state index contributed by atoms with van der Waals surface area (Å²) in [5, 5.41) is 28.4. The van der Waals surface area contributed by atoms with Gasteiger partial charge >= 0.3 is 0 Å². The quantitative estimate of drug-likeness (QED) is 0.679. The van der Waals surface area contributed by atoms with Crippen LogP contribution in [0.25, 0.3) is 10.9 Å². The van der Waals surface area contributed by atoms with E-state index in [4.69, 9.17) is 10.7 Å². The average molecular weight is 365 g/mol. The van der Waals surface area contributed by atoms with Gasteiger partial charge in [0.25, 0.3) is 0 Å². The molecule has 1 aliphatic rings. The van der Waals surface area contributed by atoms with Crippen LogP contribution in [-0.2, 0) is 6.42 Å². The number of pyridine rings is 1. The minimum atomic E-state index is 0.357. The van der Waals surface area contributed by atoms with Crippen LogP contribution in [0.2, 0.25) is 0 Å². The topological polar surface area (TPSA) is 102 Å². The molecule has 0 bridgehead atoms. The van der Waals surface area contributed by atoms with Crippen molar-refractivity contribution in [3.63, 3.8) is 0 Å². The van der Waals surface area contributed by atoms with E-state index in [0.717, 1.165) is 33.7 Å². The van der Waals surface area contributed by atoms with E-state index < -0.39 is 0 Å². The molecule has 0 saturated heterocycles. The highest BCUT2D eigenvalue weighted by atomic mass is 15.3. The Kier molecular flexibility index (Phi) is 4.83. The van der Waals surface area contributed by atoms with Crippen LogP contribution in [0.15, 0.2) is 83.1 Å². The molecule has 0 radical (unpaired) electrons. The van der Waals surface area contributed by atoms with Crippen molar-refractivity contribution in [2.24, 2.45) is 10.2 Å². The van der Waals surface area contributed by atoms with Gasteiger partial charge in [-0.15, -0.1) is 0 Å². The molecule has 0 amide bonds. The molecule has 6 nitrogen and oxygen atoms in total. The lowest BCUT2D eigenvalue weighted by molar-refractivity contribution is -0.403. The van der Waals surface area contributed by atoms with Crippen molar-refractivity contribution in [3.05, 3.63) is 89.6 Å². The number of hydrogen-bond acceptors (Lipinski definition) is 5. The number of fused-ring (bicyclic) bond motifs is 1. The number of hydrogen-bond donors (Lipinski definition) is 2. The number of nitrogens with one attached hydrogen (secondary N) is 1. The van der Waals surface area contributed by atoms with Crippen molar-refractivity contribution in [1.29, 1.82) is 10.7 Å². The molecule has 0 aliphatic carbocycles. The lowest BCUT2D eigenvalue weighted by Gasteiger charge is -2.01. The van der Waals surface area contributed by atoms with Gasteiger partial charge in [-0.25, -0.2) is 5.32 Å². The SMILES string of the molecule is N#Cc1ccc(C(=N)/C=C\C2=NN=C(Cc3ccc4ncccc4c3)[NH2+]2)cc1. The Morgan fingerprint density at radius 3 is 2.79 bits per heavy atom. The fourth-order valence-electron chi connectivity index (χ4n) is 2.95. The minimum Gasteiger partial charge on any atom is -0.300 e. The molecule has 0 saturated carbocycles. The predicted octanol–water partition coefficient (Wildman–Crippen LogP) is 2.56. The third-order valence-corrected chi connectivity index (χ3v) is 4.41. The normalized spacial score (nSPS) is 13.4. The van der Waals surface area contributed by atoms with Crippen molar-refractivity contribution in [2.75, 3.05) is 0 Å². The van der Waals surface area contributed by atoms with Crippen LogP contribution in [0.4, 0.5) is 0 Å². The van der Waals surface area contributed by atoms with E-state index in [-0.39, 0.29) is 0 Å². The fourth-order valence-corrected chi connectivity index (χ4v) is 2.95. The second kappa shape index (κ2) is 7.74. The molecular weight excluding hydrogens is 348 g/mol. The highest BCUT2D eigenvalue weighted by molar-refractivity contribution is 6.09. The van der Waals surface area contributed by atoms with Crippen molar-refractivity contribution in [3.8, 4) is 6.07 Å². The Morgan fingerprint density at radius 1 is 1.11 bits per heavy atom. The lowest BCUT2D eigenvalue weighted by atomic mass is 10.1. The first-order chi connectivity index (χ1) is 13.7. The molecule has 0 spiro atoms. The maximum atomic E-state index is 8.84. The van der Waals surface area contributed by atoms with Gasteiger partial charge in [0.15, 0.2) is 0 Å². The molecule has 134 valence electrons. The second-order valence-electron chi connectivity index (χ2n) is 6.40. The van der Waals surface area contributed by atoms with Gasteiger partial charge in [-0.3, -0.25) is 4.98 Å². The Hall–Kier alpha value is -3.95. The zero-order chi connectivity index (χ0) is 19.3. The number of amidine groups is 2. The number of nitrogens with zero attached hydrogens (tertiary/aromatic N) is 4. The number of quaternary nitrogens is 1. The molecule has 0 unspecified atom stereocenters. The summed E-state index contributed by atoms with van der Waals surface area (Å²) in [4.78, 5) is 4.34. The molecule has 1 aliphatic heterocycles. The summed E-state index contributed by atoms with van der Waals surface area (Å²) in [5.41, 5.74) is 3.82. The number of nitriles is 1. The van der Waals surface area contributed by atoms with Crippen LogP contribution < -0.4 is 5.32 Å². The van der Waals surface area contributed by atoms with Gasteiger partial charge < -0.3 is 5.41 Å². The van der Waals surface area contributed by atoms with E-state index in [1.54, 1.807) is 42.6 Å². The largest absolute Gasteiger partial charge is 0.300 e. The summed E-state index contributed by atoms with van der Waals surface area (Å²) >= 11 is 0. The van der Waals surface area contributed by atoms with Crippen LogP contribution in [0.3, 0.4) is 0 Å². The lowest BCUT2D eigenvalue weighted by Crippen LogP contribution is -2.89. The van der Waals surface area contributed by atoms with Crippen molar-refractivity contribution in [2.45, 2.75) is 6.42 Å². The summed E-state index contributed by atoms with van der Waals surface area (Å²) < 4.78 is 0.